The summed E-state index contributed by atoms with van der Waals surface area (Å²) in [4.78, 5) is 0. The van der Waals surface area contributed by atoms with E-state index in [1.165, 1.54) is 42.4 Å². The summed E-state index contributed by atoms with van der Waals surface area (Å²) in [5.41, 5.74) is 10.8. The Kier molecular flexibility index (Phi) is 6.54. The lowest BCUT2D eigenvalue weighted by Gasteiger charge is -2.34. The number of aromatic nitrogens is 1. The van der Waals surface area contributed by atoms with Crippen molar-refractivity contribution in [2.45, 2.75) is 72.1 Å². The highest BCUT2D eigenvalue weighted by atomic mass is 16.3. The van der Waals surface area contributed by atoms with E-state index in [-0.39, 0.29) is 0 Å². The van der Waals surface area contributed by atoms with Crippen LogP contribution in [-0.4, -0.2) is 0 Å². The summed E-state index contributed by atoms with van der Waals surface area (Å²) in [6, 6.07) is 24.2. The van der Waals surface area contributed by atoms with Crippen molar-refractivity contribution in [3.63, 3.8) is 0 Å². The van der Waals surface area contributed by atoms with Crippen LogP contribution in [0.1, 0.15) is 87.5 Å². The zero-order chi connectivity index (χ0) is 28.2. The molecule has 6 rings (SSSR count). The van der Waals surface area contributed by atoms with Gasteiger partial charge in [0.15, 0.2) is 6.20 Å². The molecule has 202 valence electrons. The molecule has 1 saturated carbocycles. The SMILES string of the molecule is Cc1ccc2c(oc3c(-c4ccc(C5CCC(C)(C)CC5)cc4)c(C#N)ccc32)c1-c1cc(C(C)C)cc[n+]1C. The van der Waals surface area contributed by atoms with Gasteiger partial charge in [0.1, 0.15) is 18.2 Å². The fraction of sp³-hybridized carbons (Fsp3) is 0.351. The van der Waals surface area contributed by atoms with Crippen LogP contribution in [0.25, 0.3) is 44.3 Å². The average molecular weight is 528 g/mol. The lowest BCUT2D eigenvalue weighted by Crippen LogP contribution is -2.31. The van der Waals surface area contributed by atoms with Crippen molar-refractivity contribution in [1.29, 1.82) is 5.26 Å². The van der Waals surface area contributed by atoms with Crippen LogP contribution < -0.4 is 4.57 Å². The second kappa shape index (κ2) is 9.93. The van der Waals surface area contributed by atoms with Crippen molar-refractivity contribution >= 4 is 21.9 Å². The molecule has 3 nitrogen and oxygen atoms in total. The van der Waals surface area contributed by atoms with Gasteiger partial charge < -0.3 is 4.42 Å². The predicted octanol–water partition coefficient (Wildman–Crippen LogP) is 9.73. The van der Waals surface area contributed by atoms with E-state index in [1.807, 2.05) is 12.1 Å². The number of benzene rings is 3. The number of hydrogen-bond acceptors (Lipinski definition) is 2. The minimum Gasteiger partial charge on any atom is -0.454 e. The normalized spacial score (nSPS) is 15.7. The lowest BCUT2D eigenvalue weighted by atomic mass is 9.71. The summed E-state index contributed by atoms with van der Waals surface area (Å²) < 4.78 is 8.98. The third-order valence-corrected chi connectivity index (χ3v) is 9.25. The molecule has 0 bridgehead atoms. The first-order valence-electron chi connectivity index (χ1n) is 14.7. The number of hydrogen-bond donors (Lipinski definition) is 0. The van der Waals surface area contributed by atoms with Gasteiger partial charge >= 0.3 is 0 Å². The summed E-state index contributed by atoms with van der Waals surface area (Å²) in [5, 5.41) is 12.3. The van der Waals surface area contributed by atoms with E-state index < -0.39 is 0 Å². The molecule has 2 heterocycles. The maximum absolute atomic E-state index is 10.1. The molecule has 1 aliphatic rings. The van der Waals surface area contributed by atoms with E-state index in [9.17, 15) is 5.26 Å². The van der Waals surface area contributed by atoms with Crippen LogP contribution in [0.15, 0.2) is 71.3 Å². The minimum absolute atomic E-state index is 0.433. The van der Waals surface area contributed by atoms with E-state index in [2.05, 4.69) is 107 Å². The molecule has 0 radical (unpaired) electrons. The third-order valence-electron chi connectivity index (χ3n) is 9.25. The molecule has 0 spiro atoms. The first-order chi connectivity index (χ1) is 19.2. The van der Waals surface area contributed by atoms with Crippen LogP contribution in [0.5, 0.6) is 0 Å². The molecule has 5 aromatic rings. The van der Waals surface area contributed by atoms with Crippen molar-refractivity contribution < 1.29 is 8.98 Å². The number of nitriles is 1. The molecule has 0 aliphatic heterocycles. The number of rotatable bonds is 4. The number of nitrogens with zero attached hydrogens (tertiary/aromatic N) is 2. The molecule has 0 atom stereocenters. The van der Waals surface area contributed by atoms with E-state index in [1.54, 1.807) is 0 Å². The Labute approximate surface area is 238 Å². The van der Waals surface area contributed by atoms with Gasteiger partial charge in [0, 0.05) is 28.5 Å². The van der Waals surface area contributed by atoms with Gasteiger partial charge in [-0.2, -0.15) is 5.26 Å². The molecule has 3 aromatic carbocycles. The Balaban J connectivity index is 1.51. The van der Waals surface area contributed by atoms with E-state index >= 15 is 0 Å². The summed E-state index contributed by atoms with van der Waals surface area (Å²) in [6.07, 6.45) is 7.17. The average Bonchev–Trinajstić information content (AvgIpc) is 3.31. The Morgan fingerprint density at radius 2 is 1.55 bits per heavy atom. The first kappa shape index (κ1) is 26.3. The summed E-state index contributed by atoms with van der Waals surface area (Å²) in [7, 11) is 2.09. The Bertz CT molecular complexity index is 1770. The van der Waals surface area contributed by atoms with E-state index in [0.717, 1.165) is 44.3 Å². The fourth-order valence-electron chi connectivity index (χ4n) is 6.55. The third kappa shape index (κ3) is 4.50. The van der Waals surface area contributed by atoms with Crippen LogP contribution in [0.3, 0.4) is 0 Å². The molecule has 0 amide bonds. The van der Waals surface area contributed by atoms with Gasteiger partial charge in [0.05, 0.1) is 17.2 Å². The smallest absolute Gasteiger partial charge is 0.216 e. The van der Waals surface area contributed by atoms with Crippen LogP contribution in [0.4, 0.5) is 0 Å². The molecule has 40 heavy (non-hydrogen) atoms. The maximum Gasteiger partial charge on any atom is 0.216 e. The zero-order valence-corrected chi connectivity index (χ0v) is 24.6. The predicted molar refractivity (Wildman–Crippen MR) is 164 cm³/mol. The van der Waals surface area contributed by atoms with Crippen LogP contribution in [0.2, 0.25) is 0 Å². The Morgan fingerprint density at radius 3 is 2.20 bits per heavy atom. The highest BCUT2D eigenvalue weighted by Crippen LogP contribution is 2.44. The fourth-order valence-corrected chi connectivity index (χ4v) is 6.55. The van der Waals surface area contributed by atoms with Gasteiger partial charge in [-0.15, -0.1) is 0 Å². The molecule has 3 heteroatoms. The van der Waals surface area contributed by atoms with Crippen molar-refractivity contribution in [3.8, 4) is 28.5 Å². The highest BCUT2D eigenvalue weighted by molar-refractivity contribution is 6.14. The highest BCUT2D eigenvalue weighted by Gasteiger charge is 2.28. The number of furan rings is 1. The lowest BCUT2D eigenvalue weighted by molar-refractivity contribution is -0.660. The van der Waals surface area contributed by atoms with Crippen molar-refractivity contribution in [3.05, 3.63) is 89.1 Å². The molecule has 2 aromatic heterocycles. The molecule has 1 aliphatic carbocycles. The van der Waals surface area contributed by atoms with Gasteiger partial charge in [-0.3, -0.25) is 0 Å². The van der Waals surface area contributed by atoms with E-state index in [4.69, 9.17) is 4.42 Å². The van der Waals surface area contributed by atoms with Gasteiger partial charge in [0.25, 0.3) is 0 Å². The van der Waals surface area contributed by atoms with Gasteiger partial charge in [-0.1, -0.05) is 64.1 Å². The largest absolute Gasteiger partial charge is 0.454 e. The second-order valence-corrected chi connectivity index (χ2v) is 12.9. The Morgan fingerprint density at radius 1 is 0.900 bits per heavy atom. The molecule has 0 saturated heterocycles. The number of pyridine rings is 1. The standard InChI is InChI=1S/C37H39N2O/c1-23(2)28-17-20-39(6)32(21-28)33-24(3)7-13-30-31-14-12-29(22-38)34(36(31)40-35(30)33)27-10-8-25(9-11-27)26-15-18-37(4,5)19-16-26/h7-14,17,20-21,23,26H,15-16,18-19H2,1-6H3/q+1. The van der Waals surface area contributed by atoms with Gasteiger partial charge in [-0.25, -0.2) is 4.57 Å². The first-order valence-corrected chi connectivity index (χ1v) is 14.7. The van der Waals surface area contributed by atoms with Crippen LogP contribution >= 0.6 is 0 Å². The quantitative estimate of drug-likeness (QED) is 0.218. The van der Waals surface area contributed by atoms with Crippen molar-refractivity contribution in [2.75, 3.05) is 0 Å². The summed E-state index contributed by atoms with van der Waals surface area (Å²) in [5.74, 6) is 1.05. The van der Waals surface area contributed by atoms with Crippen LogP contribution in [-0.2, 0) is 7.05 Å². The molecule has 0 N–H and O–H groups in total. The second-order valence-electron chi connectivity index (χ2n) is 12.9. The van der Waals surface area contributed by atoms with Gasteiger partial charge in [-0.05, 0) is 84.2 Å². The Hall–Kier alpha value is -3.90. The van der Waals surface area contributed by atoms with Crippen molar-refractivity contribution in [2.24, 2.45) is 12.5 Å². The topological polar surface area (TPSA) is 40.8 Å². The van der Waals surface area contributed by atoms with Crippen LogP contribution in [0, 0.1) is 23.7 Å². The molecule has 1 fully saturated rings. The molecular formula is C37H39N2O+. The summed E-state index contributed by atoms with van der Waals surface area (Å²) in [6.45, 7) is 11.4. The number of fused-ring (bicyclic) bond motifs is 3. The number of aryl methyl sites for hydroxylation is 2. The van der Waals surface area contributed by atoms with E-state index in [0.29, 0.717) is 22.8 Å². The zero-order valence-electron chi connectivity index (χ0n) is 24.6. The monoisotopic (exact) mass is 527 g/mol. The minimum atomic E-state index is 0.433. The molecular weight excluding hydrogens is 488 g/mol. The van der Waals surface area contributed by atoms with Gasteiger partial charge in [0.2, 0.25) is 5.69 Å². The summed E-state index contributed by atoms with van der Waals surface area (Å²) >= 11 is 0. The molecule has 0 unspecified atom stereocenters. The maximum atomic E-state index is 10.1. The van der Waals surface area contributed by atoms with Crippen molar-refractivity contribution in [1.82, 2.24) is 0 Å².